The van der Waals surface area contributed by atoms with E-state index in [4.69, 9.17) is 0 Å². The summed E-state index contributed by atoms with van der Waals surface area (Å²) in [5.41, 5.74) is 7.26. The maximum Gasteiger partial charge on any atom is 0.243 e. The number of hydrogen-bond acceptors (Lipinski definition) is 22. The fourth-order valence-electron chi connectivity index (χ4n) is 17.2. The van der Waals surface area contributed by atoms with E-state index in [1.807, 2.05) is 77.0 Å². The van der Waals surface area contributed by atoms with E-state index >= 15 is 50.5 Å². The maximum absolute atomic E-state index is 15.4. The van der Waals surface area contributed by atoms with E-state index in [2.05, 4.69) is 4.90 Å². The van der Waals surface area contributed by atoms with Gasteiger partial charge in [-0.15, -0.1) is 0 Å². The van der Waals surface area contributed by atoms with E-state index in [9.17, 15) is 25.3 Å². The van der Waals surface area contributed by atoms with Gasteiger partial charge in [0, 0.05) is 196 Å². The van der Waals surface area contributed by atoms with E-state index in [0.717, 1.165) is 50.1 Å². The average Bonchev–Trinajstić information content (AvgIpc) is 0.803. The smallest absolute Gasteiger partial charge is 0.243 e. The zero-order valence-corrected chi connectivity index (χ0v) is 88.4. The second kappa shape index (κ2) is 48.6. The molecule has 0 saturated carbocycles. The van der Waals surface area contributed by atoms with E-state index in [0.29, 0.717) is 0 Å². The van der Waals surface area contributed by atoms with Gasteiger partial charge in [-0.05, 0) is 210 Å². The molecule has 0 unspecified atom stereocenters. The van der Waals surface area contributed by atoms with Crippen LogP contribution in [-0.4, -0.2) is 330 Å². The lowest BCUT2D eigenvalue weighted by Crippen LogP contribution is -2.50. The van der Waals surface area contributed by atoms with Crippen LogP contribution < -0.4 is 0 Å². The quantitative estimate of drug-likeness (QED) is 0.0461. The van der Waals surface area contributed by atoms with Gasteiger partial charge in [0.2, 0.25) is 90.2 Å². The zero-order chi connectivity index (χ0) is 100. The monoisotopic (exact) mass is 2080 g/mol. The van der Waals surface area contributed by atoms with Crippen molar-refractivity contribution in [3.8, 4) is 0 Å². The number of sulfonamides is 9. The molecule has 758 valence electrons. The zero-order valence-electron chi connectivity index (χ0n) is 81.1. The molecule has 9 aromatic carbocycles. The standard InChI is InChI=1S/C99H135N13O18S9/c1-82-16-34-91(35-17-82)131(113,114)104-52-10-58-107(134(119,120)94-40-22-85(4)23-41-94)76-70-101(71-77-108(59-11-53-104)135(121,122)95-42-24-86(5)25-43-95)67-64-100(65-68-102-72-78-109(136(123,124)96-44-26-87(6)27-45-96)60-12-54-105(132(115,116)92-36-18-83(2)19-37-92)55-13-61-110(79-73-102)137(125,126)97-46-28-88(7)29-47-97)66-69-103-74-80-111(138(127,128)98-48-30-89(8)31-49-98)62-14-56-106(133(117,118)93-38-20-84(3)21-39-93)57-15-63-112(81-75-103)139(129,130)99-50-32-90(9)33-51-99/h16-51H,10-15,52-81H2,1-9H3. The summed E-state index contributed by atoms with van der Waals surface area (Å²) < 4.78 is 286. The van der Waals surface area contributed by atoms with Gasteiger partial charge in [0.15, 0.2) is 0 Å². The molecule has 3 aliphatic rings. The van der Waals surface area contributed by atoms with Gasteiger partial charge in [0.05, 0.1) is 44.1 Å². The van der Waals surface area contributed by atoms with E-state index in [1.165, 1.54) is 148 Å². The van der Waals surface area contributed by atoms with Gasteiger partial charge in [-0.25, -0.2) is 75.8 Å². The first-order valence-electron chi connectivity index (χ1n) is 47.4. The first-order chi connectivity index (χ1) is 65.8. The summed E-state index contributed by atoms with van der Waals surface area (Å²) >= 11 is 0. The maximum atomic E-state index is 15.4. The van der Waals surface area contributed by atoms with Crippen LogP contribution in [0.4, 0.5) is 0 Å². The third kappa shape index (κ3) is 29.0. The number of hydrogen-bond donors (Lipinski definition) is 0. The summed E-state index contributed by atoms with van der Waals surface area (Å²) in [5, 5.41) is 0. The molecule has 0 aliphatic carbocycles. The Morgan fingerprint density at radius 2 is 0.259 bits per heavy atom. The lowest BCUT2D eigenvalue weighted by Gasteiger charge is -2.35. The molecule has 12 rings (SSSR count). The molecule has 3 saturated heterocycles. The molecular formula is C99H135N13O18S9. The Bertz CT molecular complexity index is 5750. The number of rotatable bonds is 27. The Labute approximate surface area is 827 Å². The highest BCUT2D eigenvalue weighted by Gasteiger charge is 2.38. The van der Waals surface area contributed by atoms with Crippen LogP contribution in [0.15, 0.2) is 262 Å². The molecule has 40 heteroatoms. The fourth-order valence-corrected chi connectivity index (χ4v) is 30.5. The van der Waals surface area contributed by atoms with Crippen LogP contribution in [0.5, 0.6) is 0 Å². The van der Waals surface area contributed by atoms with Crippen molar-refractivity contribution in [2.75, 3.05) is 196 Å². The summed E-state index contributed by atoms with van der Waals surface area (Å²) in [4.78, 5) is 8.03. The van der Waals surface area contributed by atoms with Gasteiger partial charge < -0.3 is 0 Å². The molecule has 0 bridgehead atoms. The second-order valence-corrected chi connectivity index (χ2v) is 53.9. The first kappa shape index (κ1) is 110. The number of benzene rings is 9. The van der Waals surface area contributed by atoms with Crippen molar-refractivity contribution in [2.45, 2.75) is 145 Å². The summed E-state index contributed by atoms with van der Waals surface area (Å²) in [6.45, 7) is 14.3. The Morgan fingerprint density at radius 3 is 0.367 bits per heavy atom. The third-order valence-corrected chi connectivity index (χ3v) is 43.2. The van der Waals surface area contributed by atoms with Gasteiger partial charge in [-0.1, -0.05) is 159 Å². The molecular weight excluding hydrogens is 1950 g/mol. The van der Waals surface area contributed by atoms with E-state index < -0.39 is 90.2 Å². The van der Waals surface area contributed by atoms with Crippen molar-refractivity contribution in [1.82, 2.24) is 58.3 Å². The molecule has 0 aromatic heterocycles. The molecule has 9 aromatic rings. The lowest BCUT2D eigenvalue weighted by atomic mass is 10.2. The Morgan fingerprint density at radius 1 is 0.158 bits per heavy atom. The van der Waals surface area contributed by atoms with Crippen LogP contribution in [0, 0.1) is 62.3 Å². The summed E-state index contributed by atoms with van der Waals surface area (Å²) in [7, 11) is -39.0. The van der Waals surface area contributed by atoms with Gasteiger partial charge in [-0.2, -0.15) is 38.7 Å². The van der Waals surface area contributed by atoms with Crippen LogP contribution in [0.3, 0.4) is 0 Å². The molecule has 31 nitrogen and oxygen atoms in total. The number of nitrogens with zero attached hydrogens (tertiary/aromatic N) is 13. The van der Waals surface area contributed by atoms with E-state index in [1.54, 1.807) is 109 Å². The van der Waals surface area contributed by atoms with Crippen LogP contribution in [0.1, 0.15) is 88.6 Å². The molecule has 0 radical (unpaired) electrons. The van der Waals surface area contributed by atoms with Crippen molar-refractivity contribution >= 4 is 90.2 Å². The highest BCUT2D eigenvalue weighted by Crippen LogP contribution is 2.30. The van der Waals surface area contributed by atoms with Crippen LogP contribution in [-0.2, 0) is 90.2 Å². The minimum Gasteiger partial charge on any atom is -0.300 e. The summed E-state index contributed by atoms with van der Waals surface area (Å²) in [5.74, 6) is 0. The van der Waals surface area contributed by atoms with Crippen molar-refractivity contribution in [3.05, 3.63) is 268 Å². The summed E-state index contributed by atoms with van der Waals surface area (Å²) in [6.07, 6.45) is 0.130. The van der Waals surface area contributed by atoms with Crippen molar-refractivity contribution in [3.63, 3.8) is 0 Å². The van der Waals surface area contributed by atoms with Gasteiger partial charge in [-0.3, -0.25) is 19.6 Å². The highest BCUT2D eigenvalue weighted by molar-refractivity contribution is 7.91. The van der Waals surface area contributed by atoms with Crippen molar-refractivity contribution in [1.29, 1.82) is 0 Å². The molecule has 3 heterocycles. The van der Waals surface area contributed by atoms with Crippen molar-refractivity contribution in [2.24, 2.45) is 0 Å². The first-order valence-corrected chi connectivity index (χ1v) is 60.3. The normalized spacial score (nSPS) is 18.5. The summed E-state index contributed by atoms with van der Waals surface area (Å²) in [6, 6.07) is 57.6. The highest BCUT2D eigenvalue weighted by atomic mass is 32.2. The van der Waals surface area contributed by atoms with Crippen LogP contribution in [0.2, 0.25) is 0 Å². The molecule has 0 N–H and O–H groups in total. The van der Waals surface area contributed by atoms with Crippen molar-refractivity contribution < 1.29 is 75.8 Å². The molecule has 0 spiro atoms. The predicted molar refractivity (Wildman–Crippen MR) is 543 cm³/mol. The minimum atomic E-state index is -4.37. The Kier molecular flexibility index (Phi) is 38.4. The second-order valence-electron chi connectivity index (χ2n) is 36.4. The Balaban J connectivity index is 0.957. The predicted octanol–water partition coefficient (Wildman–Crippen LogP) is 10.6. The van der Waals surface area contributed by atoms with Gasteiger partial charge >= 0.3 is 0 Å². The molecule has 0 amide bonds. The SMILES string of the molecule is Cc1ccc(S(=O)(=O)N2CCCN(S(=O)(=O)c3ccc(C)cc3)CCN(CCN(CCN3CCN(S(=O)(=O)c4ccc(C)cc4)CCCN(S(=O)(=O)c4ccc(C)cc4)CCCN(S(=O)(=O)c4ccc(C)cc4)CC3)CCN3CCN(S(=O)(=O)c4ccc(C)cc4)CCCN(S(=O)(=O)c4ccc(C)cc4)CCCN(S(=O)(=O)c4ccc(C)cc4)CC3)CCN(S(=O)(=O)c3ccc(C)cc3)CCC2)cc1. The number of aryl methyl sites for hydroxylation is 9. The third-order valence-electron chi connectivity index (χ3n) is 26.0. The lowest BCUT2D eigenvalue weighted by molar-refractivity contribution is 0.141. The molecule has 3 aliphatic heterocycles. The largest absolute Gasteiger partial charge is 0.300 e. The van der Waals surface area contributed by atoms with Crippen LogP contribution >= 0.6 is 0 Å². The van der Waals surface area contributed by atoms with E-state index in [-0.39, 0.29) is 279 Å². The molecule has 3 fully saturated rings. The fraction of sp³-hybridized carbons (Fsp3) is 0.455. The van der Waals surface area contributed by atoms with Crippen LogP contribution in [0.25, 0.3) is 0 Å². The Hall–Kier alpha value is -7.99. The minimum absolute atomic E-state index is 0.0116. The van der Waals surface area contributed by atoms with Gasteiger partial charge in [0.1, 0.15) is 0 Å². The molecule has 139 heavy (non-hydrogen) atoms. The average molecular weight is 2080 g/mol. The topological polar surface area (TPSA) is 349 Å². The van der Waals surface area contributed by atoms with Gasteiger partial charge in [0.25, 0.3) is 0 Å². The molecule has 0 atom stereocenters.